The number of halogens is 1. The third-order valence-corrected chi connectivity index (χ3v) is 2.37. The quantitative estimate of drug-likeness (QED) is 0.809. The Kier molecular flexibility index (Phi) is 4.73. The van der Waals surface area contributed by atoms with Gasteiger partial charge >= 0.3 is 0 Å². The standard InChI is InChI=1S/C13H16ClNO2/c1-13(2,9-16)15-12(17)7-6-10-4-3-5-11(14)8-10/h3-8,16H,9H2,1-2H3,(H,15,17)/b7-6+. The van der Waals surface area contributed by atoms with E-state index in [1.54, 1.807) is 32.1 Å². The lowest BCUT2D eigenvalue weighted by Crippen LogP contribution is -2.45. The molecule has 0 aliphatic carbocycles. The SMILES string of the molecule is CC(C)(CO)NC(=O)/C=C/c1cccc(Cl)c1. The molecule has 4 heteroatoms. The highest BCUT2D eigenvalue weighted by Gasteiger charge is 2.17. The van der Waals surface area contributed by atoms with E-state index in [-0.39, 0.29) is 12.5 Å². The van der Waals surface area contributed by atoms with Crippen LogP contribution in [0.25, 0.3) is 6.08 Å². The lowest BCUT2D eigenvalue weighted by molar-refractivity contribution is -0.118. The molecule has 0 heterocycles. The van der Waals surface area contributed by atoms with Crippen LogP contribution < -0.4 is 5.32 Å². The molecule has 0 aliphatic heterocycles. The van der Waals surface area contributed by atoms with Gasteiger partial charge in [-0.3, -0.25) is 4.79 Å². The van der Waals surface area contributed by atoms with Crippen molar-refractivity contribution in [1.82, 2.24) is 5.32 Å². The zero-order chi connectivity index (χ0) is 12.9. The number of benzene rings is 1. The Bertz CT molecular complexity index is 427. The van der Waals surface area contributed by atoms with Gasteiger partial charge in [0.25, 0.3) is 0 Å². The van der Waals surface area contributed by atoms with E-state index in [1.165, 1.54) is 6.08 Å². The van der Waals surface area contributed by atoms with Crippen LogP contribution in [-0.2, 0) is 4.79 Å². The fraction of sp³-hybridized carbons (Fsp3) is 0.308. The molecule has 0 atom stereocenters. The highest BCUT2D eigenvalue weighted by molar-refractivity contribution is 6.30. The number of carbonyl (C=O) groups excluding carboxylic acids is 1. The second-order valence-electron chi connectivity index (χ2n) is 4.42. The van der Waals surface area contributed by atoms with Crippen LogP contribution in [0.4, 0.5) is 0 Å². The van der Waals surface area contributed by atoms with Gasteiger partial charge in [-0.05, 0) is 37.6 Å². The first kappa shape index (κ1) is 13.7. The summed E-state index contributed by atoms with van der Waals surface area (Å²) < 4.78 is 0. The van der Waals surface area contributed by atoms with Crippen molar-refractivity contribution in [2.45, 2.75) is 19.4 Å². The third-order valence-electron chi connectivity index (χ3n) is 2.13. The molecule has 1 aromatic carbocycles. The predicted molar refractivity (Wildman–Crippen MR) is 69.8 cm³/mol. The maximum Gasteiger partial charge on any atom is 0.244 e. The largest absolute Gasteiger partial charge is 0.394 e. The van der Waals surface area contributed by atoms with Crippen molar-refractivity contribution in [3.63, 3.8) is 0 Å². The molecule has 17 heavy (non-hydrogen) atoms. The van der Waals surface area contributed by atoms with Crippen molar-refractivity contribution < 1.29 is 9.90 Å². The summed E-state index contributed by atoms with van der Waals surface area (Å²) in [5, 5.41) is 12.3. The number of aliphatic hydroxyl groups is 1. The zero-order valence-corrected chi connectivity index (χ0v) is 10.7. The number of hydrogen-bond donors (Lipinski definition) is 2. The molecule has 0 fully saturated rings. The molecule has 1 aromatic rings. The Morgan fingerprint density at radius 3 is 2.82 bits per heavy atom. The van der Waals surface area contributed by atoms with Crippen LogP contribution >= 0.6 is 11.6 Å². The van der Waals surface area contributed by atoms with Crippen molar-refractivity contribution in [2.75, 3.05) is 6.61 Å². The molecule has 0 saturated heterocycles. The fourth-order valence-electron chi connectivity index (χ4n) is 1.20. The summed E-state index contributed by atoms with van der Waals surface area (Å²) in [6.07, 6.45) is 3.09. The van der Waals surface area contributed by atoms with E-state index in [9.17, 15) is 4.79 Å². The summed E-state index contributed by atoms with van der Waals surface area (Å²) >= 11 is 5.82. The van der Waals surface area contributed by atoms with Crippen molar-refractivity contribution in [1.29, 1.82) is 0 Å². The van der Waals surface area contributed by atoms with Crippen LogP contribution in [0.2, 0.25) is 5.02 Å². The smallest absolute Gasteiger partial charge is 0.244 e. The summed E-state index contributed by atoms with van der Waals surface area (Å²) in [7, 11) is 0. The van der Waals surface area contributed by atoms with Crippen LogP contribution in [0, 0.1) is 0 Å². The van der Waals surface area contributed by atoms with E-state index < -0.39 is 5.54 Å². The summed E-state index contributed by atoms with van der Waals surface area (Å²) in [5.74, 6) is -0.246. The molecule has 0 unspecified atom stereocenters. The van der Waals surface area contributed by atoms with Crippen LogP contribution in [0.15, 0.2) is 30.3 Å². The summed E-state index contributed by atoms with van der Waals surface area (Å²) in [6, 6.07) is 7.21. The number of amides is 1. The summed E-state index contributed by atoms with van der Waals surface area (Å²) in [4.78, 5) is 11.5. The van der Waals surface area contributed by atoms with E-state index in [0.29, 0.717) is 5.02 Å². The van der Waals surface area contributed by atoms with Gasteiger partial charge in [0.2, 0.25) is 5.91 Å². The Morgan fingerprint density at radius 2 is 2.24 bits per heavy atom. The third kappa shape index (κ3) is 5.02. The lowest BCUT2D eigenvalue weighted by atomic mass is 10.1. The van der Waals surface area contributed by atoms with Gasteiger partial charge in [0.15, 0.2) is 0 Å². The van der Waals surface area contributed by atoms with E-state index in [4.69, 9.17) is 16.7 Å². The number of rotatable bonds is 4. The van der Waals surface area contributed by atoms with Crippen molar-refractivity contribution in [3.8, 4) is 0 Å². The first-order valence-corrected chi connectivity index (χ1v) is 5.67. The average molecular weight is 254 g/mol. The molecular weight excluding hydrogens is 238 g/mol. The molecule has 92 valence electrons. The van der Waals surface area contributed by atoms with Gasteiger partial charge in [-0.1, -0.05) is 23.7 Å². The van der Waals surface area contributed by atoms with Gasteiger partial charge in [-0.25, -0.2) is 0 Å². The second kappa shape index (κ2) is 5.84. The minimum atomic E-state index is -0.615. The molecule has 2 N–H and O–H groups in total. The normalized spacial score (nSPS) is 11.8. The Morgan fingerprint density at radius 1 is 1.53 bits per heavy atom. The molecule has 0 spiro atoms. The number of nitrogens with one attached hydrogen (secondary N) is 1. The Hall–Kier alpha value is -1.32. The average Bonchev–Trinajstić information content (AvgIpc) is 2.26. The van der Waals surface area contributed by atoms with E-state index >= 15 is 0 Å². The molecule has 1 amide bonds. The maximum atomic E-state index is 11.5. The number of aliphatic hydroxyl groups excluding tert-OH is 1. The lowest BCUT2D eigenvalue weighted by Gasteiger charge is -2.22. The van der Waals surface area contributed by atoms with Crippen molar-refractivity contribution in [2.24, 2.45) is 0 Å². The van der Waals surface area contributed by atoms with E-state index in [0.717, 1.165) is 5.56 Å². The zero-order valence-electron chi connectivity index (χ0n) is 9.90. The first-order chi connectivity index (χ1) is 7.93. The van der Waals surface area contributed by atoms with Gasteiger partial charge in [0.05, 0.1) is 12.1 Å². The molecule has 0 aliphatic rings. The summed E-state index contributed by atoms with van der Waals surface area (Å²) in [6.45, 7) is 3.39. The monoisotopic (exact) mass is 253 g/mol. The Labute approximate surface area is 106 Å². The topological polar surface area (TPSA) is 49.3 Å². The Balaban J connectivity index is 2.63. The van der Waals surface area contributed by atoms with Crippen LogP contribution in [0.5, 0.6) is 0 Å². The highest BCUT2D eigenvalue weighted by atomic mass is 35.5. The van der Waals surface area contributed by atoms with Crippen molar-refractivity contribution >= 4 is 23.6 Å². The second-order valence-corrected chi connectivity index (χ2v) is 4.86. The van der Waals surface area contributed by atoms with Crippen LogP contribution in [0.3, 0.4) is 0 Å². The van der Waals surface area contributed by atoms with Crippen molar-refractivity contribution in [3.05, 3.63) is 40.9 Å². The first-order valence-electron chi connectivity index (χ1n) is 5.29. The van der Waals surface area contributed by atoms with Crippen LogP contribution in [-0.4, -0.2) is 23.2 Å². The van der Waals surface area contributed by atoms with Gasteiger partial charge in [-0.15, -0.1) is 0 Å². The van der Waals surface area contributed by atoms with Gasteiger partial charge < -0.3 is 10.4 Å². The molecule has 0 radical (unpaired) electrons. The highest BCUT2D eigenvalue weighted by Crippen LogP contribution is 2.11. The predicted octanol–water partition coefficient (Wildman–Crippen LogP) is 2.24. The van der Waals surface area contributed by atoms with E-state index in [2.05, 4.69) is 5.32 Å². The number of carbonyl (C=O) groups is 1. The number of hydrogen-bond acceptors (Lipinski definition) is 2. The summed E-state index contributed by atoms with van der Waals surface area (Å²) in [5.41, 5.74) is 0.241. The molecule has 0 saturated carbocycles. The minimum absolute atomic E-state index is 0.107. The fourth-order valence-corrected chi connectivity index (χ4v) is 1.40. The van der Waals surface area contributed by atoms with Crippen LogP contribution in [0.1, 0.15) is 19.4 Å². The maximum absolute atomic E-state index is 11.5. The molecule has 0 aromatic heterocycles. The molecule has 3 nitrogen and oxygen atoms in total. The van der Waals surface area contributed by atoms with Gasteiger partial charge in [0, 0.05) is 11.1 Å². The molecule has 0 bridgehead atoms. The molecular formula is C13H16ClNO2. The van der Waals surface area contributed by atoms with Gasteiger partial charge in [-0.2, -0.15) is 0 Å². The van der Waals surface area contributed by atoms with Gasteiger partial charge in [0.1, 0.15) is 0 Å². The molecule has 1 rings (SSSR count). The van der Waals surface area contributed by atoms with E-state index in [1.807, 2.05) is 12.1 Å². The minimum Gasteiger partial charge on any atom is -0.394 e.